The molecule has 0 N–H and O–H groups in total. The van der Waals surface area contributed by atoms with Crippen LogP contribution in [0.3, 0.4) is 0 Å². The first-order chi connectivity index (χ1) is 7.84. The van der Waals surface area contributed by atoms with Crippen molar-refractivity contribution in [2.75, 3.05) is 0 Å². The summed E-state index contributed by atoms with van der Waals surface area (Å²) in [6.45, 7) is 0. The lowest BCUT2D eigenvalue weighted by Gasteiger charge is -2.22. The van der Waals surface area contributed by atoms with Crippen LogP contribution in [0.4, 0.5) is 0 Å². The minimum Gasteiger partial charge on any atom is -0.273 e. The molecule has 0 unspecified atom stereocenters. The van der Waals surface area contributed by atoms with Gasteiger partial charge in [-0.05, 0) is 31.6 Å². The fraction of sp³-hybridized carbons (Fsp3) is 0.846. The van der Waals surface area contributed by atoms with Crippen LogP contribution in [0.5, 0.6) is 0 Å². The average molecular weight is 220 g/mol. The first-order valence-electron chi connectivity index (χ1n) is 6.74. The quantitative estimate of drug-likeness (QED) is 0.658. The molecule has 0 bridgehead atoms. The number of carbonyl (C=O) groups is 1. The number of nitrogens with zero attached hydrogens (tertiary/aromatic N) is 2. The minimum atomic E-state index is 0.258. The molecule has 0 aromatic heterocycles. The molecule has 1 aliphatic heterocycles. The zero-order chi connectivity index (χ0) is 11.0. The third-order valence-corrected chi connectivity index (χ3v) is 4.04. The Kier molecular flexibility index (Phi) is 2.70. The van der Waals surface area contributed by atoms with Gasteiger partial charge in [-0.2, -0.15) is 5.10 Å². The second kappa shape index (κ2) is 4.19. The van der Waals surface area contributed by atoms with Crippen LogP contribution in [0.15, 0.2) is 5.10 Å². The Morgan fingerprint density at radius 1 is 1.00 bits per heavy atom. The van der Waals surface area contributed by atoms with Gasteiger partial charge in [-0.1, -0.05) is 25.7 Å². The molecule has 2 fully saturated rings. The maximum Gasteiger partial charge on any atom is 0.248 e. The monoisotopic (exact) mass is 220 g/mol. The summed E-state index contributed by atoms with van der Waals surface area (Å²) in [5, 5.41) is 6.43. The van der Waals surface area contributed by atoms with E-state index in [2.05, 4.69) is 5.10 Å². The van der Waals surface area contributed by atoms with Crippen molar-refractivity contribution in [1.29, 1.82) is 0 Å². The normalized spacial score (nSPS) is 28.1. The molecular weight excluding hydrogens is 200 g/mol. The van der Waals surface area contributed by atoms with Gasteiger partial charge in [0, 0.05) is 0 Å². The van der Waals surface area contributed by atoms with Crippen molar-refractivity contribution < 1.29 is 4.79 Å². The molecule has 0 spiro atoms. The van der Waals surface area contributed by atoms with Gasteiger partial charge in [0.25, 0.3) is 0 Å². The minimum absolute atomic E-state index is 0.258. The largest absolute Gasteiger partial charge is 0.273 e. The summed E-state index contributed by atoms with van der Waals surface area (Å²) in [5.74, 6) is 0.911. The van der Waals surface area contributed by atoms with Crippen LogP contribution in [0.2, 0.25) is 0 Å². The maximum atomic E-state index is 11.9. The van der Waals surface area contributed by atoms with Gasteiger partial charge in [0.05, 0.1) is 18.2 Å². The first kappa shape index (κ1) is 10.3. The fourth-order valence-electron chi connectivity index (χ4n) is 2.90. The molecular formula is C13H20N2O. The van der Waals surface area contributed by atoms with E-state index in [0.717, 1.165) is 12.8 Å². The Morgan fingerprint density at radius 3 is 2.31 bits per heavy atom. The summed E-state index contributed by atoms with van der Waals surface area (Å²) in [6, 6.07) is 0.409. The number of rotatable bonds is 2. The van der Waals surface area contributed by atoms with E-state index in [1.165, 1.54) is 44.2 Å². The Bertz CT molecular complexity index is 312. The lowest BCUT2D eigenvalue weighted by molar-refractivity contribution is -0.131. The summed E-state index contributed by atoms with van der Waals surface area (Å²) in [5.41, 5.74) is 1.18. The summed E-state index contributed by atoms with van der Waals surface area (Å²) < 4.78 is 0. The molecule has 3 heteroatoms. The molecule has 2 aliphatic carbocycles. The van der Waals surface area contributed by atoms with E-state index in [9.17, 15) is 4.79 Å². The summed E-state index contributed by atoms with van der Waals surface area (Å²) >= 11 is 0. The van der Waals surface area contributed by atoms with E-state index in [1.807, 2.05) is 5.01 Å². The van der Waals surface area contributed by atoms with Gasteiger partial charge in [0.15, 0.2) is 0 Å². The third kappa shape index (κ3) is 2.00. The van der Waals surface area contributed by atoms with Gasteiger partial charge in [0.1, 0.15) is 0 Å². The van der Waals surface area contributed by atoms with Crippen LogP contribution in [0, 0.1) is 5.92 Å². The van der Waals surface area contributed by atoms with Crippen LogP contribution in [-0.4, -0.2) is 22.7 Å². The predicted octanol–water partition coefficient (Wildman–Crippen LogP) is 2.71. The molecule has 0 saturated heterocycles. The summed E-state index contributed by atoms with van der Waals surface area (Å²) in [6.07, 6.45) is 10.6. The molecule has 0 aromatic rings. The Morgan fingerprint density at radius 2 is 1.69 bits per heavy atom. The number of hydrazone groups is 1. The van der Waals surface area contributed by atoms with Gasteiger partial charge in [-0.15, -0.1) is 0 Å². The van der Waals surface area contributed by atoms with Crippen LogP contribution in [-0.2, 0) is 4.79 Å². The van der Waals surface area contributed by atoms with E-state index >= 15 is 0 Å². The topological polar surface area (TPSA) is 32.7 Å². The molecule has 3 nitrogen and oxygen atoms in total. The van der Waals surface area contributed by atoms with Crippen LogP contribution >= 0.6 is 0 Å². The molecule has 2 saturated carbocycles. The van der Waals surface area contributed by atoms with E-state index in [4.69, 9.17) is 0 Å². The molecule has 0 radical (unpaired) electrons. The van der Waals surface area contributed by atoms with E-state index < -0.39 is 0 Å². The van der Waals surface area contributed by atoms with Gasteiger partial charge >= 0.3 is 0 Å². The molecule has 3 rings (SSSR count). The second-order valence-corrected chi connectivity index (χ2v) is 5.43. The van der Waals surface area contributed by atoms with E-state index in [0.29, 0.717) is 18.4 Å². The smallest absolute Gasteiger partial charge is 0.248 e. The summed E-state index contributed by atoms with van der Waals surface area (Å²) in [4.78, 5) is 11.9. The first-order valence-corrected chi connectivity index (χ1v) is 6.74. The lowest BCUT2D eigenvalue weighted by atomic mass is 10.1. The van der Waals surface area contributed by atoms with E-state index in [1.54, 1.807) is 0 Å². The van der Waals surface area contributed by atoms with Crippen molar-refractivity contribution in [1.82, 2.24) is 5.01 Å². The molecule has 1 amide bonds. The van der Waals surface area contributed by atoms with Gasteiger partial charge in [0.2, 0.25) is 5.91 Å². The van der Waals surface area contributed by atoms with Crippen LogP contribution in [0.1, 0.15) is 57.8 Å². The van der Waals surface area contributed by atoms with Gasteiger partial charge < -0.3 is 0 Å². The van der Waals surface area contributed by atoms with Crippen molar-refractivity contribution >= 4 is 11.6 Å². The fourth-order valence-corrected chi connectivity index (χ4v) is 2.90. The highest BCUT2D eigenvalue weighted by molar-refractivity contribution is 6.06. The number of carbonyl (C=O) groups excluding carboxylic acids is 1. The SMILES string of the molecule is O=C1CC(C2CC2)=NN1C1CCCCCC1. The van der Waals surface area contributed by atoms with Crippen molar-refractivity contribution in [2.45, 2.75) is 63.8 Å². The zero-order valence-electron chi connectivity index (χ0n) is 9.82. The van der Waals surface area contributed by atoms with Crippen molar-refractivity contribution in [3.63, 3.8) is 0 Å². The Hall–Kier alpha value is -0.860. The third-order valence-electron chi connectivity index (χ3n) is 4.04. The van der Waals surface area contributed by atoms with Gasteiger partial charge in [-0.25, -0.2) is 5.01 Å². The van der Waals surface area contributed by atoms with Crippen molar-refractivity contribution in [3.8, 4) is 0 Å². The number of amides is 1. The predicted molar refractivity (Wildman–Crippen MR) is 63.1 cm³/mol. The average Bonchev–Trinajstić information content (AvgIpc) is 3.08. The molecule has 16 heavy (non-hydrogen) atoms. The van der Waals surface area contributed by atoms with Crippen molar-refractivity contribution in [3.05, 3.63) is 0 Å². The molecule has 88 valence electrons. The second-order valence-electron chi connectivity index (χ2n) is 5.43. The molecule has 1 heterocycles. The summed E-state index contributed by atoms with van der Waals surface area (Å²) in [7, 11) is 0. The zero-order valence-corrected chi connectivity index (χ0v) is 9.82. The molecule has 0 atom stereocenters. The highest BCUT2D eigenvalue weighted by atomic mass is 16.2. The van der Waals surface area contributed by atoms with Crippen molar-refractivity contribution in [2.24, 2.45) is 11.0 Å². The number of hydrogen-bond donors (Lipinski definition) is 0. The standard InChI is InChI=1S/C13H20N2O/c16-13-9-12(10-7-8-10)14-15(13)11-5-3-1-2-4-6-11/h10-11H,1-9H2. The number of hydrogen-bond acceptors (Lipinski definition) is 2. The highest BCUT2D eigenvalue weighted by Gasteiger charge is 2.37. The van der Waals surface area contributed by atoms with Crippen LogP contribution < -0.4 is 0 Å². The molecule has 0 aromatic carbocycles. The Labute approximate surface area is 96.9 Å². The maximum absolute atomic E-state index is 11.9. The molecule has 3 aliphatic rings. The highest BCUT2D eigenvalue weighted by Crippen LogP contribution is 2.35. The van der Waals surface area contributed by atoms with E-state index in [-0.39, 0.29) is 5.91 Å². The Balaban J connectivity index is 1.69. The van der Waals surface area contributed by atoms with Crippen LogP contribution in [0.25, 0.3) is 0 Å². The lowest BCUT2D eigenvalue weighted by Crippen LogP contribution is -2.32. The van der Waals surface area contributed by atoms with Gasteiger partial charge in [-0.3, -0.25) is 4.79 Å².